The van der Waals surface area contributed by atoms with Crippen LogP contribution in [-0.2, 0) is 9.57 Å². The number of hydrogen-bond acceptors (Lipinski definition) is 6. The Bertz CT molecular complexity index is 908. The number of aryl methyl sites for hydroxylation is 1. The molecule has 0 saturated carbocycles. The minimum absolute atomic E-state index is 0.151. The third-order valence-corrected chi connectivity index (χ3v) is 5.00. The molecule has 1 saturated heterocycles. The first kappa shape index (κ1) is 17.4. The lowest BCUT2D eigenvalue weighted by Gasteiger charge is -2.23. The molecular formula is C19H19N3O5. The second-order valence-electron chi connectivity index (χ2n) is 6.66. The predicted molar refractivity (Wildman–Crippen MR) is 93.1 cm³/mol. The van der Waals surface area contributed by atoms with Crippen LogP contribution < -0.4 is 0 Å². The number of hydrogen-bond donors (Lipinski definition) is 0. The molecule has 3 heterocycles. The Morgan fingerprint density at radius 3 is 2.30 bits per heavy atom. The summed E-state index contributed by atoms with van der Waals surface area (Å²) in [4.78, 5) is 42.7. The van der Waals surface area contributed by atoms with E-state index in [9.17, 15) is 14.4 Å². The molecular weight excluding hydrogens is 350 g/mol. The molecule has 0 aliphatic carbocycles. The predicted octanol–water partition coefficient (Wildman–Crippen LogP) is 2.22. The molecule has 0 unspecified atom stereocenters. The van der Waals surface area contributed by atoms with Crippen LogP contribution >= 0.6 is 0 Å². The highest BCUT2D eigenvalue weighted by Gasteiger charge is 2.39. The van der Waals surface area contributed by atoms with Gasteiger partial charge in [0.25, 0.3) is 11.8 Å². The molecule has 0 bridgehead atoms. The van der Waals surface area contributed by atoms with E-state index in [2.05, 4.69) is 5.10 Å². The number of imide groups is 1. The molecule has 2 aliphatic heterocycles. The number of carbonyl (C=O) groups excluding carboxylic acids is 3. The number of aromatic nitrogens is 2. The third kappa shape index (κ3) is 2.82. The van der Waals surface area contributed by atoms with Gasteiger partial charge in [0.2, 0.25) is 0 Å². The maximum Gasteiger partial charge on any atom is 0.367 e. The summed E-state index contributed by atoms with van der Waals surface area (Å²) < 4.78 is 7.19. The zero-order chi connectivity index (χ0) is 19.1. The van der Waals surface area contributed by atoms with Gasteiger partial charge in [-0.3, -0.25) is 14.3 Å². The van der Waals surface area contributed by atoms with Crippen LogP contribution in [0, 0.1) is 13.8 Å². The van der Waals surface area contributed by atoms with Gasteiger partial charge in [-0.05, 0) is 38.8 Å². The number of hydroxylamine groups is 2. The van der Waals surface area contributed by atoms with E-state index in [0.29, 0.717) is 29.7 Å². The molecule has 1 aromatic heterocycles. The molecule has 0 spiro atoms. The highest BCUT2D eigenvalue weighted by molar-refractivity contribution is 6.21. The highest BCUT2D eigenvalue weighted by atomic mass is 16.7. The van der Waals surface area contributed by atoms with Crippen LogP contribution in [0.1, 0.15) is 61.3 Å². The molecule has 2 aromatic rings. The Balaban J connectivity index is 1.58. The van der Waals surface area contributed by atoms with Gasteiger partial charge in [-0.25, -0.2) is 4.79 Å². The van der Waals surface area contributed by atoms with Crippen LogP contribution in [0.25, 0.3) is 0 Å². The average Bonchev–Trinajstić information content (AvgIpc) is 3.11. The fraction of sp³-hybridized carbons (Fsp3) is 0.368. The third-order valence-electron chi connectivity index (χ3n) is 5.00. The molecule has 2 aliphatic rings. The molecule has 27 heavy (non-hydrogen) atoms. The molecule has 2 amide bonds. The number of carbonyl (C=O) groups is 3. The van der Waals surface area contributed by atoms with Gasteiger partial charge in [0.15, 0.2) is 0 Å². The van der Waals surface area contributed by atoms with Crippen LogP contribution in [0.4, 0.5) is 0 Å². The largest absolute Gasteiger partial charge is 0.381 e. The lowest BCUT2D eigenvalue weighted by Crippen LogP contribution is -2.33. The van der Waals surface area contributed by atoms with E-state index in [0.717, 1.165) is 12.8 Å². The summed E-state index contributed by atoms with van der Waals surface area (Å²) in [5, 5.41) is 5.00. The molecule has 1 fully saturated rings. The Hall–Kier alpha value is -3.00. The average molecular weight is 369 g/mol. The van der Waals surface area contributed by atoms with Crippen molar-refractivity contribution in [2.75, 3.05) is 13.2 Å². The fourth-order valence-corrected chi connectivity index (χ4v) is 3.62. The van der Waals surface area contributed by atoms with E-state index in [1.54, 1.807) is 26.0 Å². The summed E-state index contributed by atoms with van der Waals surface area (Å²) in [5.74, 6) is -2.05. The number of amides is 2. The first-order valence-corrected chi connectivity index (χ1v) is 8.82. The molecule has 1 aromatic carbocycles. The number of rotatable bonds is 3. The Morgan fingerprint density at radius 1 is 1.11 bits per heavy atom. The number of fused-ring (bicyclic) bond motifs is 1. The maximum absolute atomic E-state index is 12.7. The Morgan fingerprint density at radius 2 is 1.70 bits per heavy atom. The van der Waals surface area contributed by atoms with Crippen molar-refractivity contribution in [3.8, 4) is 0 Å². The van der Waals surface area contributed by atoms with Crippen LogP contribution in [-0.4, -0.2) is 45.8 Å². The number of benzene rings is 1. The summed E-state index contributed by atoms with van der Waals surface area (Å²) in [6, 6.07) is 6.52. The summed E-state index contributed by atoms with van der Waals surface area (Å²) in [6.45, 7) is 4.80. The van der Waals surface area contributed by atoms with E-state index in [1.165, 1.54) is 12.1 Å². The second-order valence-corrected chi connectivity index (χ2v) is 6.66. The van der Waals surface area contributed by atoms with E-state index in [4.69, 9.17) is 9.57 Å². The van der Waals surface area contributed by atoms with Gasteiger partial charge in [-0.15, -0.1) is 0 Å². The standard InChI is InChI=1S/C19H19N3O5/c1-11-16(12(2)21(20-11)13-7-9-26-10-8-13)19(25)27-22-17(23)14-5-3-4-6-15(14)18(22)24/h3-6,13H,7-10H2,1-2H3. The Kier molecular flexibility index (Phi) is 4.27. The minimum atomic E-state index is -0.766. The second kappa shape index (κ2) is 6.62. The summed E-state index contributed by atoms with van der Waals surface area (Å²) in [7, 11) is 0. The monoisotopic (exact) mass is 369 g/mol. The molecule has 0 radical (unpaired) electrons. The van der Waals surface area contributed by atoms with E-state index >= 15 is 0 Å². The minimum Gasteiger partial charge on any atom is -0.381 e. The van der Waals surface area contributed by atoms with Crippen molar-refractivity contribution < 1.29 is 24.0 Å². The fourth-order valence-electron chi connectivity index (χ4n) is 3.62. The van der Waals surface area contributed by atoms with Crippen LogP contribution in [0.2, 0.25) is 0 Å². The maximum atomic E-state index is 12.7. The quantitative estimate of drug-likeness (QED) is 0.771. The van der Waals surface area contributed by atoms with Crippen molar-refractivity contribution in [2.24, 2.45) is 0 Å². The smallest absolute Gasteiger partial charge is 0.367 e. The van der Waals surface area contributed by atoms with Crippen molar-refractivity contribution in [1.29, 1.82) is 0 Å². The molecule has 4 rings (SSSR count). The lowest BCUT2D eigenvalue weighted by molar-refractivity contribution is -0.0585. The van der Waals surface area contributed by atoms with E-state index < -0.39 is 17.8 Å². The van der Waals surface area contributed by atoms with Crippen molar-refractivity contribution in [1.82, 2.24) is 14.8 Å². The first-order chi connectivity index (χ1) is 13.0. The van der Waals surface area contributed by atoms with Crippen LogP contribution in [0.15, 0.2) is 24.3 Å². The number of nitrogens with zero attached hydrogens (tertiary/aromatic N) is 3. The molecule has 8 heteroatoms. The SMILES string of the molecule is Cc1nn(C2CCOCC2)c(C)c1C(=O)ON1C(=O)c2ccccc2C1=O. The molecule has 0 atom stereocenters. The van der Waals surface area contributed by atoms with Gasteiger partial charge in [0, 0.05) is 13.2 Å². The van der Waals surface area contributed by atoms with Gasteiger partial charge >= 0.3 is 5.97 Å². The highest BCUT2D eigenvalue weighted by Crippen LogP contribution is 2.27. The van der Waals surface area contributed by atoms with E-state index in [-0.39, 0.29) is 22.7 Å². The summed E-state index contributed by atoms with van der Waals surface area (Å²) >= 11 is 0. The zero-order valence-corrected chi connectivity index (χ0v) is 15.1. The van der Waals surface area contributed by atoms with Gasteiger partial charge < -0.3 is 9.57 Å². The molecule has 0 N–H and O–H groups in total. The van der Waals surface area contributed by atoms with Crippen LogP contribution in [0.3, 0.4) is 0 Å². The summed E-state index contributed by atoms with van der Waals surface area (Å²) in [5.41, 5.74) is 1.88. The van der Waals surface area contributed by atoms with Crippen molar-refractivity contribution in [3.05, 3.63) is 52.3 Å². The Labute approximate surface area is 155 Å². The van der Waals surface area contributed by atoms with Gasteiger partial charge in [-0.2, -0.15) is 5.10 Å². The van der Waals surface area contributed by atoms with Gasteiger partial charge in [-0.1, -0.05) is 17.2 Å². The molecule has 8 nitrogen and oxygen atoms in total. The topological polar surface area (TPSA) is 90.7 Å². The van der Waals surface area contributed by atoms with Crippen molar-refractivity contribution in [3.63, 3.8) is 0 Å². The number of ether oxygens (including phenoxy) is 1. The van der Waals surface area contributed by atoms with Gasteiger partial charge in [0.1, 0.15) is 5.56 Å². The molecule has 140 valence electrons. The normalized spacial score (nSPS) is 17.3. The van der Waals surface area contributed by atoms with Crippen LogP contribution in [0.5, 0.6) is 0 Å². The van der Waals surface area contributed by atoms with E-state index in [1.807, 2.05) is 4.68 Å². The first-order valence-electron chi connectivity index (χ1n) is 8.82. The summed E-state index contributed by atoms with van der Waals surface area (Å²) in [6.07, 6.45) is 1.63. The lowest BCUT2D eigenvalue weighted by atomic mass is 10.1. The van der Waals surface area contributed by atoms with Gasteiger partial charge in [0.05, 0.1) is 28.6 Å². The van der Waals surface area contributed by atoms with Crippen molar-refractivity contribution >= 4 is 17.8 Å². The van der Waals surface area contributed by atoms with Crippen molar-refractivity contribution in [2.45, 2.75) is 32.7 Å². The zero-order valence-electron chi connectivity index (χ0n) is 15.1.